The standard InChI is InChI=1S/C26H23FN2O6/c27-23-19(24(31)28-22(12-13-30)25(32)33)10-5-11-21(23)29-26(34)35-14-20-17-8-3-1-6-15(17)16-7-2-4-9-18(16)20/h1-11,20,22,30H,12-14H2,(H,28,31)(H,29,34)(H,32,33)/t22-/m1/s1. The van der Waals surface area contributed by atoms with E-state index in [1.54, 1.807) is 0 Å². The number of aliphatic hydroxyl groups excluding tert-OH is 1. The van der Waals surface area contributed by atoms with Gasteiger partial charge in [-0.05, 0) is 34.4 Å². The fourth-order valence-electron chi connectivity index (χ4n) is 4.17. The van der Waals surface area contributed by atoms with Gasteiger partial charge in [-0.1, -0.05) is 54.6 Å². The van der Waals surface area contributed by atoms with Crippen LogP contribution in [0.25, 0.3) is 11.1 Å². The Hall–Kier alpha value is -4.24. The second-order valence-electron chi connectivity index (χ2n) is 7.99. The third-order valence-corrected chi connectivity index (χ3v) is 5.84. The lowest BCUT2D eigenvalue weighted by Crippen LogP contribution is -2.41. The summed E-state index contributed by atoms with van der Waals surface area (Å²) < 4.78 is 20.3. The molecule has 0 aromatic heterocycles. The molecule has 180 valence electrons. The highest BCUT2D eigenvalue weighted by atomic mass is 19.1. The number of fused-ring (bicyclic) bond motifs is 3. The number of benzene rings is 3. The Kier molecular flexibility index (Phi) is 7.07. The molecule has 1 aliphatic rings. The van der Waals surface area contributed by atoms with Crippen LogP contribution in [-0.4, -0.2) is 47.4 Å². The average Bonchev–Trinajstić information content (AvgIpc) is 3.17. The smallest absolute Gasteiger partial charge is 0.411 e. The normalized spacial score (nSPS) is 12.9. The molecule has 0 radical (unpaired) electrons. The lowest BCUT2D eigenvalue weighted by molar-refractivity contribution is -0.139. The Morgan fingerprint density at radius 3 is 2.17 bits per heavy atom. The van der Waals surface area contributed by atoms with Gasteiger partial charge in [-0.3, -0.25) is 10.1 Å². The second-order valence-corrected chi connectivity index (χ2v) is 7.99. The van der Waals surface area contributed by atoms with E-state index < -0.39 is 42.0 Å². The van der Waals surface area contributed by atoms with Gasteiger partial charge in [0.2, 0.25) is 0 Å². The number of carbonyl (C=O) groups excluding carboxylic acids is 2. The van der Waals surface area contributed by atoms with E-state index in [0.717, 1.165) is 28.3 Å². The van der Waals surface area contributed by atoms with Crippen LogP contribution in [0.1, 0.15) is 33.8 Å². The number of rotatable bonds is 8. The van der Waals surface area contributed by atoms with E-state index in [9.17, 15) is 18.8 Å². The monoisotopic (exact) mass is 478 g/mol. The van der Waals surface area contributed by atoms with Crippen molar-refractivity contribution in [2.75, 3.05) is 18.5 Å². The maximum Gasteiger partial charge on any atom is 0.411 e. The number of hydrogen-bond acceptors (Lipinski definition) is 5. The molecule has 4 rings (SSSR count). The van der Waals surface area contributed by atoms with Crippen LogP contribution in [0.2, 0.25) is 0 Å². The molecule has 0 spiro atoms. The Morgan fingerprint density at radius 1 is 0.943 bits per heavy atom. The maximum absolute atomic E-state index is 14.9. The van der Waals surface area contributed by atoms with Crippen LogP contribution in [0.15, 0.2) is 66.7 Å². The van der Waals surface area contributed by atoms with Gasteiger partial charge in [-0.25, -0.2) is 14.0 Å². The summed E-state index contributed by atoms with van der Waals surface area (Å²) in [6.45, 7) is -0.438. The summed E-state index contributed by atoms with van der Waals surface area (Å²) in [7, 11) is 0. The molecule has 3 aromatic carbocycles. The van der Waals surface area contributed by atoms with Gasteiger partial charge in [-0.15, -0.1) is 0 Å². The molecule has 0 bridgehead atoms. The topological polar surface area (TPSA) is 125 Å². The van der Waals surface area contributed by atoms with Gasteiger partial charge in [0, 0.05) is 18.9 Å². The number of amides is 2. The zero-order valence-electron chi connectivity index (χ0n) is 18.5. The van der Waals surface area contributed by atoms with Crippen LogP contribution < -0.4 is 10.6 Å². The van der Waals surface area contributed by atoms with Crippen molar-refractivity contribution in [1.82, 2.24) is 5.32 Å². The van der Waals surface area contributed by atoms with Gasteiger partial charge < -0.3 is 20.3 Å². The van der Waals surface area contributed by atoms with E-state index in [1.165, 1.54) is 12.1 Å². The summed E-state index contributed by atoms with van der Waals surface area (Å²) >= 11 is 0. The maximum atomic E-state index is 14.9. The van der Waals surface area contributed by atoms with Gasteiger partial charge in [0.15, 0.2) is 5.82 Å². The zero-order chi connectivity index (χ0) is 24.9. The van der Waals surface area contributed by atoms with Crippen LogP contribution in [0, 0.1) is 5.82 Å². The molecule has 1 aliphatic carbocycles. The molecule has 35 heavy (non-hydrogen) atoms. The van der Waals surface area contributed by atoms with E-state index in [2.05, 4.69) is 10.6 Å². The predicted molar refractivity (Wildman–Crippen MR) is 126 cm³/mol. The third-order valence-electron chi connectivity index (χ3n) is 5.84. The quantitative estimate of drug-likeness (QED) is 0.391. The molecule has 2 amide bonds. The Bertz CT molecular complexity index is 1230. The number of carboxylic acid groups (broad SMARTS) is 1. The molecule has 4 N–H and O–H groups in total. The Morgan fingerprint density at radius 2 is 1.57 bits per heavy atom. The van der Waals surface area contributed by atoms with E-state index in [0.29, 0.717) is 0 Å². The van der Waals surface area contributed by atoms with Crippen molar-refractivity contribution < 1.29 is 33.7 Å². The minimum absolute atomic E-state index is 0.0309. The number of aliphatic carboxylic acids is 1. The number of anilines is 1. The number of carbonyl (C=O) groups is 3. The first-order chi connectivity index (χ1) is 16.9. The third kappa shape index (κ3) is 4.99. The van der Waals surface area contributed by atoms with Crippen molar-refractivity contribution >= 4 is 23.7 Å². The number of aliphatic hydroxyl groups is 1. The summed E-state index contributed by atoms with van der Waals surface area (Å²) in [6.07, 6.45) is -1.13. The van der Waals surface area contributed by atoms with Crippen molar-refractivity contribution in [3.05, 3.63) is 89.2 Å². The first-order valence-electron chi connectivity index (χ1n) is 11.0. The van der Waals surface area contributed by atoms with Crippen LogP contribution in [0.3, 0.4) is 0 Å². The van der Waals surface area contributed by atoms with Crippen molar-refractivity contribution in [3.63, 3.8) is 0 Å². The molecule has 8 nitrogen and oxygen atoms in total. The van der Waals surface area contributed by atoms with E-state index in [1.807, 2.05) is 48.5 Å². The van der Waals surface area contributed by atoms with E-state index in [4.69, 9.17) is 14.9 Å². The first-order valence-corrected chi connectivity index (χ1v) is 11.0. The van der Waals surface area contributed by atoms with Crippen molar-refractivity contribution in [1.29, 1.82) is 0 Å². The fraction of sp³-hybridized carbons (Fsp3) is 0.192. The Labute approximate surface area is 200 Å². The lowest BCUT2D eigenvalue weighted by Gasteiger charge is -2.16. The number of carboxylic acids is 1. The first kappa shape index (κ1) is 23.9. The number of halogens is 1. The molecule has 0 saturated heterocycles. The lowest BCUT2D eigenvalue weighted by atomic mass is 9.98. The minimum atomic E-state index is -1.38. The number of nitrogens with one attached hydrogen (secondary N) is 2. The van der Waals surface area contributed by atoms with Gasteiger partial charge in [0.05, 0.1) is 11.3 Å². The molecule has 0 fully saturated rings. The number of hydrogen-bond donors (Lipinski definition) is 4. The largest absolute Gasteiger partial charge is 0.480 e. The molecule has 0 heterocycles. The molecular weight excluding hydrogens is 455 g/mol. The SMILES string of the molecule is O=C(Nc1cccc(C(=O)N[C@H](CCO)C(=O)O)c1F)OCC1c2ccccc2-c2ccccc21. The molecule has 0 aliphatic heterocycles. The van der Waals surface area contributed by atoms with Crippen molar-refractivity contribution in [2.24, 2.45) is 0 Å². The van der Waals surface area contributed by atoms with Gasteiger partial charge in [0.25, 0.3) is 5.91 Å². The molecule has 1 atom stereocenters. The van der Waals surface area contributed by atoms with Crippen LogP contribution in [0.4, 0.5) is 14.9 Å². The molecular formula is C26H23FN2O6. The van der Waals surface area contributed by atoms with Crippen molar-refractivity contribution in [2.45, 2.75) is 18.4 Å². The highest BCUT2D eigenvalue weighted by Gasteiger charge is 2.29. The Balaban J connectivity index is 1.44. The highest BCUT2D eigenvalue weighted by Crippen LogP contribution is 2.44. The fourth-order valence-corrected chi connectivity index (χ4v) is 4.17. The average molecular weight is 478 g/mol. The van der Waals surface area contributed by atoms with Crippen LogP contribution in [0.5, 0.6) is 0 Å². The molecule has 9 heteroatoms. The minimum Gasteiger partial charge on any atom is -0.480 e. The van der Waals surface area contributed by atoms with Gasteiger partial charge >= 0.3 is 12.1 Å². The molecule has 0 unspecified atom stereocenters. The summed E-state index contributed by atoms with van der Waals surface area (Å²) in [5, 5.41) is 22.5. The van der Waals surface area contributed by atoms with Gasteiger partial charge in [0.1, 0.15) is 12.6 Å². The molecule has 3 aromatic rings. The highest BCUT2D eigenvalue weighted by molar-refractivity contribution is 5.98. The van der Waals surface area contributed by atoms with Crippen LogP contribution in [-0.2, 0) is 9.53 Å². The van der Waals surface area contributed by atoms with E-state index >= 15 is 0 Å². The summed E-state index contributed by atoms with van der Waals surface area (Å²) in [5.41, 5.74) is 3.46. The zero-order valence-corrected chi connectivity index (χ0v) is 18.5. The summed E-state index contributed by atoms with van der Waals surface area (Å²) in [5.74, 6) is -3.55. The van der Waals surface area contributed by atoms with E-state index in [-0.39, 0.29) is 24.6 Å². The van der Waals surface area contributed by atoms with Crippen molar-refractivity contribution in [3.8, 4) is 11.1 Å². The number of ether oxygens (including phenoxy) is 1. The summed E-state index contributed by atoms with van der Waals surface area (Å²) in [4.78, 5) is 36.1. The predicted octanol–water partition coefficient (Wildman–Crippen LogP) is 3.75. The summed E-state index contributed by atoms with van der Waals surface area (Å²) in [6, 6.07) is 18.1. The van der Waals surface area contributed by atoms with Crippen LogP contribution >= 0.6 is 0 Å². The van der Waals surface area contributed by atoms with Gasteiger partial charge in [-0.2, -0.15) is 0 Å². The molecule has 0 saturated carbocycles. The second kappa shape index (κ2) is 10.4.